The second kappa shape index (κ2) is 4.13. The van der Waals surface area contributed by atoms with Crippen LogP contribution in [-0.2, 0) is 0 Å². The van der Waals surface area contributed by atoms with Crippen molar-refractivity contribution < 1.29 is 0 Å². The maximum absolute atomic E-state index is 4.42. The molecule has 1 heterocycles. The van der Waals surface area contributed by atoms with E-state index in [1.54, 1.807) is 0 Å². The van der Waals surface area contributed by atoms with E-state index in [0.29, 0.717) is 0 Å². The first-order valence-electron chi connectivity index (χ1n) is 5.01. The maximum Gasteiger partial charge on any atom is 0.0751 e. The van der Waals surface area contributed by atoms with E-state index in [1.807, 2.05) is 37.5 Å². The summed E-state index contributed by atoms with van der Waals surface area (Å²) in [4.78, 5) is 4.42. The summed E-state index contributed by atoms with van der Waals surface area (Å²) in [5.41, 5.74) is 4.52. The summed E-state index contributed by atoms with van der Waals surface area (Å²) in [7, 11) is 1.93. The molecule has 0 saturated heterocycles. The molecule has 1 aromatic heterocycles. The van der Waals surface area contributed by atoms with E-state index < -0.39 is 0 Å². The van der Waals surface area contributed by atoms with E-state index in [-0.39, 0.29) is 0 Å². The van der Waals surface area contributed by atoms with Crippen molar-refractivity contribution in [3.63, 3.8) is 0 Å². The van der Waals surface area contributed by atoms with Gasteiger partial charge in [0.05, 0.1) is 5.69 Å². The lowest BCUT2D eigenvalue weighted by Gasteiger charge is -2.09. The number of hydrogen-bond donors (Lipinski definition) is 1. The van der Waals surface area contributed by atoms with Crippen molar-refractivity contribution in [1.29, 1.82) is 0 Å². The van der Waals surface area contributed by atoms with Crippen LogP contribution in [0.3, 0.4) is 0 Å². The topological polar surface area (TPSA) is 24.9 Å². The first kappa shape index (κ1) is 9.71. The summed E-state index contributed by atoms with van der Waals surface area (Å²) in [5, 5.41) is 3.17. The van der Waals surface area contributed by atoms with Gasteiger partial charge in [0, 0.05) is 24.5 Å². The Bertz CT molecular complexity index is 449. The van der Waals surface area contributed by atoms with Gasteiger partial charge in [0.2, 0.25) is 0 Å². The lowest BCUT2D eigenvalue weighted by molar-refractivity contribution is 1.26. The van der Waals surface area contributed by atoms with Crippen LogP contribution in [0.4, 0.5) is 5.69 Å². The zero-order valence-corrected chi connectivity index (χ0v) is 8.99. The molecule has 2 rings (SSSR count). The van der Waals surface area contributed by atoms with Crippen LogP contribution in [0.5, 0.6) is 0 Å². The second-order valence-corrected chi connectivity index (χ2v) is 3.45. The van der Waals surface area contributed by atoms with Gasteiger partial charge in [0.25, 0.3) is 0 Å². The summed E-state index contributed by atoms with van der Waals surface area (Å²) in [6, 6.07) is 12.2. The molecule has 0 unspecified atom stereocenters. The van der Waals surface area contributed by atoms with Crippen molar-refractivity contribution in [2.45, 2.75) is 6.92 Å². The smallest absolute Gasteiger partial charge is 0.0751 e. The van der Waals surface area contributed by atoms with E-state index in [2.05, 4.69) is 29.4 Å². The number of rotatable bonds is 2. The highest BCUT2D eigenvalue weighted by atomic mass is 14.8. The average molecular weight is 198 g/mol. The summed E-state index contributed by atoms with van der Waals surface area (Å²) >= 11 is 0. The standard InChI is InChI=1S/C13H14N2/c1-10-12(14-2)8-9-15-13(10)11-6-4-3-5-7-11/h3-9H,1-2H3,(H,14,15). The SMILES string of the molecule is CNc1ccnc(-c2ccccc2)c1C. The number of nitrogens with one attached hydrogen (secondary N) is 1. The van der Waals surface area contributed by atoms with Crippen LogP contribution in [0.15, 0.2) is 42.6 Å². The van der Waals surface area contributed by atoms with Gasteiger partial charge in [-0.25, -0.2) is 0 Å². The van der Waals surface area contributed by atoms with E-state index >= 15 is 0 Å². The van der Waals surface area contributed by atoms with Crippen LogP contribution in [0.25, 0.3) is 11.3 Å². The molecule has 0 fully saturated rings. The van der Waals surface area contributed by atoms with E-state index in [1.165, 1.54) is 5.56 Å². The normalized spacial score (nSPS) is 10.0. The first-order valence-corrected chi connectivity index (χ1v) is 5.01. The number of nitrogens with zero attached hydrogens (tertiary/aromatic N) is 1. The molecule has 0 spiro atoms. The van der Waals surface area contributed by atoms with E-state index in [4.69, 9.17) is 0 Å². The van der Waals surface area contributed by atoms with Crippen LogP contribution >= 0.6 is 0 Å². The molecule has 1 aromatic carbocycles. The highest BCUT2D eigenvalue weighted by Gasteiger charge is 2.05. The van der Waals surface area contributed by atoms with Gasteiger partial charge in [0.1, 0.15) is 0 Å². The molecule has 1 N–H and O–H groups in total. The monoisotopic (exact) mass is 198 g/mol. The molecule has 2 nitrogen and oxygen atoms in total. The molecule has 0 aliphatic rings. The molecule has 2 heteroatoms. The lowest BCUT2D eigenvalue weighted by Crippen LogP contribution is -1.95. The van der Waals surface area contributed by atoms with Gasteiger partial charge in [-0.3, -0.25) is 4.98 Å². The highest BCUT2D eigenvalue weighted by Crippen LogP contribution is 2.25. The Labute approximate surface area is 90.0 Å². The number of aromatic nitrogens is 1. The largest absolute Gasteiger partial charge is 0.388 e. The van der Waals surface area contributed by atoms with Crippen molar-refractivity contribution in [2.75, 3.05) is 12.4 Å². The van der Waals surface area contributed by atoms with Crippen molar-refractivity contribution in [3.05, 3.63) is 48.2 Å². The predicted molar refractivity (Wildman–Crippen MR) is 64.0 cm³/mol. The minimum atomic E-state index is 1.04. The summed E-state index contributed by atoms with van der Waals surface area (Å²) < 4.78 is 0. The lowest BCUT2D eigenvalue weighted by atomic mass is 10.1. The molecule has 0 bridgehead atoms. The summed E-state index contributed by atoms with van der Waals surface area (Å²) in [6.45, 7) is 2.08. The minimum Gasteiger partial charge on any atom is -0.388 e. The summed E-state index contributed by atoms with van der Waals surface area (Å²) in [6.07, 6.45) is 1.83. The Balaban J connectivity index is 2.54. The Hall–Kier alpha value is -1.83. The van der Waals surface area contributed by atoms with Crippen LogP contribution < -0.4 is 5.32 Å². The maximum atomic E-state index is 4.42. The number of benzene rings is 1. The van der Waals surface area contributed by atoms with Crippen molar-refractivity contribution in [2.24, 2.45) is 0 Å². The van der Waals surface area contributed by atoms with Crippen LogP contribution in [-0.4, -0.2) is 12.0 Å². The number of anilines is 1. The predicted octanol–water partition coefficient (Wildman–Crippen LogP) is 3.10. The fourth-order valence-electron chi connectivity index (χ4n) is 1.69. The van der Waals surface area contributed by atoms with Crippen LogP contribution in [0.2, 0.25) is 0 Å². The molecule has 0 saturated carbocycles. The Morgan fingerprint density at radius 1 is 1.07 bits per heavy atom. The molecule has 0 atom stereocenters. The minimum absolute atomic E-state index is 1.04. The van der Waals surface area contributed by atoms with Gasteiger partial charge < -0.3 is 5.32 Å². The fraction of sp³-hybridized carbons (Fsp3) is 0.154. The summed E-state index contributed by atoms with van der Waals surface area (Å²) in [5.74, 6) is 0. The van der Waals surface area contributed by atoms with Crippen molar-refractivity contribution >= 4 is 5.69 Å². The third kappa shape index (κ3) is 1.84. The van der Waals surface area contributed by atoms with Crippen LogP contribution in [0, 0.1) is 6.92 Å². The van der Waals surface area contributed by atoms with Crippen molar-refractivity contribution in [1.82, 2.24) is 4.98 Å². The molecule has 0 amide bonds. The quantitative estimate of drug-likeness (QED) is 0.802. The zero-order valence-electron chi connectivity index (χ0n) is 8.99. The molecule has 15 heavy (non-hydrogen) atoms. The Morgan fingerprint density at radius 2 is 1.80 bits per heavy atom. The molecule has 0 radical (unpaired) electrons. The Morgan fingerprint density at radius 3 is 2.47 bits per heavy atom. The molecule has 0 aliphatic heterocycles. The average Bonchev–Trinajstić information content (AvgIpc) is 2.30. The molecule has 2 aromatic rings. The highest BCUT2D eigenvalue weighted by molar-refractivity contribution is 5.69. The van der Waals surface area contributed by atoms with Gasteiger partial charge in [-0.15, -0.1) is 0 Å². The van der Waals surface area contributed by atoms with E-state index in [0.717, 1.165) is 16.9 Å². The van der Waals surface area contributed by atoms with Gasteiger partial charge in [-0.1, -0.05) is 30.3 Å². The third-order valence-corrected chi connectivity index (χ3v) is 2.52. The second-order valence-electron chi connectivity index (χ2n) is 3.45. The third-order valence-electron chi connectivity index (χ3n) is 2.52. The van der Waals surface area contributed by atoms with Crippen LogP contribution in [0.1, 0.15) is 5.56 Å². The van der Waals surface area contributed by atoms with Gasteiger partial charge in [0.15, 0.2) is 0 Å². The van der Waals surface area contributed by atoms with Crippen molar-refractivity contribution in [3.8, 4) is 11.3 Å². The van der Waals surface area contributed by atoms with Gasteiger partial charge in [-0.2, -0.15) is 0 Å². The molecule has 76 valence electrons. The fourth-order valence-corrected chi connectivity index (χ4v) is 1.69. The van der Waals surface area contributed by atoms with Gasteiger partial charge >= 0.3 is 0 Å². The van der Waals surface area contributed by atoms with E-state index in [9.17, 15) is 0 Å². The molecular formula is C13H14N2. The zero-order chi connectivity index (χ0) is 10.7. The molecular weight excluding hydrogens is 184 g/mol. The Kier molecular flexibility index (Phi) is 2.68. The first-order chi connectivity index (χ1) is 7.33. The number of hydrogen-bond acceptors (Lipinski definition) is 2. The van der Waals surface area contributed by atoms with Gasteiger partial charge in [-0.05, 0) is 18.6 Å². The molecule has 0 aliphatic carbocycles. The number of pyridine rings is 1.